The molecule has 3 aromatic rings. The number of halogens is 1. The Labute approximate surface area is 131 Å². The van der Waals surface area contributed by atoms with Crippen LogP contribution in [0.4, 0.5) is 0 Å². The van der Waals surface area contributed by atoms with E-state index < -0.39 is 11.9 Å². The summed E-state index contributed by atoms with van der Waals surface area (Å²) < 4.78 is 11.2. The van der Waals surface area contributed by atoms with Crippen molar-refractivity contribution in [2.24, 2.45) is 0 Å². The summed E-state index contributed by atoms with van der Waals surface area (Å²) in [4.78, 5) is 24.3. The van der Waals surface area contributed by atoms with Crippen LogP contribution in [0.5, 0.6) is 0 Å². The van der Waals surface area contributed by atoms with Crippen LogP contribution < -0.4 is 0 Å². The van der Waals surface area contributed by atoms with Crippen molar-refractivity contribution in [3.05, 3.63) is 52.8 Å². The van der Waals surface area contributed by atoms with Crippen LogP contribution in [0.2, 0.25) is 5.15 Å². The Kier molecular flexibility index (Phi) is 3.50. The average molecular weight is 318 g/mol. The minimum atomic E-state index is -0.682. The number of pyridine rings is 1. The maximum absolute atomic E-state index is 12.2. The maximum atomic E-state index is 12.2. The maximum Gasteiger partial charge on any atom is 0.341 e. The molecular weight excluding hydrogens is 306 g/mol. The van der Waals surface area contributed by atoms with E-state index in [2.05, 4.69) is 0 Å². The topological polar surface area (TPSA) is 57.0 Å². The van der Waals surface area contributed by atoms with Crippen LogP contribution in [-0.2, 0) is 9.47 Å². The van der Waals surface area contributed by atoms with Crippen LogP contribution in [0.3, 0.4) is 0 Å². The number of fused-ring (bicyclic) bond motifs is 3. The summed E-state index contributed by atoms with van der Waals surface area (Å²) in [5.41, 5.74) is 0.638. The van der Waals surface area contributed by atoms with Gasteiger partial charge in [-0.25, -0.2) is 9.59 Å². The van der Waals surface area contributed by atoms with Gasteiger partial charge in [-0.2, -0.15) is 0 Å². The first kappa shape index (κ1) is 14.4. The van der Waals surface area contributed by atoms with Crippen molar-refractivity contribution in [1.82, 2.24) is 4.40 Å². The Balaban J connectivity index is 2.55. The molecule has 0 fully saturated rings. The largest absolute Gasteiger partial charge is 0.465 e. The van der Waals surface area contributed by atoms with Crippen molar-refractivity contribution in [2.45, 2.75) is 0 Å². The fraction of sp³-hybridized carbons (Fsp3) is 0.125. The molecule has 0 saturated heterocycles. The summed E-state index contributed by atoms with van der Waals surface area (Å²) in [5.74, 6) is -1.32. The lowest BCUT2D eigenvalue weighted by molar-refractivity contribution is 0.0558. The quantitative estimate of drug-likeness (QED) is 0.680. The molecule has 0 spiro atoms. The van der Waals surface area contributed by atoms with Crippen LogP contribution in [0.25, 0.3) is 16.3 Å². The van der Waals surface area contributed by atoms with Crippen molar-refractivity contribution < 1.29 is 19.1 Å². The molecule has 0 unspecified atom stereocenters. The number of esters is 2. The zero-order valence-corrected chi connectivity index (χ0v) is 12.7. The van der Waals surface area contributed by atoms with Crippen molar-refractivity contribution in [3.63, 3.8) is 0 Å². The fourth-order valence-corrected chi connectivity index (χ4v) is 2.88. The van der Waals surface area contributed by atoms with Crippen LogP contribution >= 0.6 is 11.6 Å². The molecule has 3 rings (SSSR count). The second-order valence-corrected chi connectivity index (χ2v) is 5.00. The third kappa shape index (κ3) is 1.94. The Morgan fingerprint density at radius 3 is 2.32 bits per heavy atom. The molecule has 0 amide bonds. The van der Waals surface area contributed by atoms with Crippen molar-refractivity contribution in [1.29, 1.82) is 0 Å². The van der Waals surface area contributed by atoms with Crippen LogP contribution in [0.1, 0.15) is 20.7 Å². The zero-order valence-electron chi connectivity index (χ0n) is 11.9. The molecule has 0 radical (unpaired) electrons. The number of ether oxygens (including phenoxy) is 2. The van der Waals surface area contributed by atoms with Crippen molar-refractivity contribution >= 4 is 39.8 Å². The summed E-state index contributed by atoms with van der Waals surface area (Å²) in [6.07, 6.45) is 1.71. The van der Waals surface area contributed by atoms with Gasteiger partial charge in [-0.3, -0.25) is 0 Å². The number of rotatable bonds is 2. The van der Waals surface area contributed by atoms with Gasteiger partial charge in [0.15, 0.2) is 0 Å². The van der Waals surface area contributed by atoms with Crippen LogP contribution in [0, 0.1) is 0 Å². The molecule has 6 heteroatoms. The van der Waals surface area contributed by atoms with E-state index in [-0.39, 0.29) is 16.3 Å². The summed E-state index contributed by atoms with van der Waals surface area (Å²) in [6.45, 7) is 0. The molecule has 2 heterocycles. The highest BCUT2D eigenvalue weighted by Gasteiger charge is 2.29. The van der Waals surface area contributed by atoms with E-state index in [0.717, 1.165) is 10.8 Å². The Hall–Kier alpha value is -2.53. The van der Waals surface area contributed by atoms with Crippen LogP contribution in [0.15, 0.2) is 36.5 Å². The third-order valence-corrected chi connectivity index (χ3v) is 3.91. The second kappa shape index (κ2) is 5.35. The summed E-state index contributed by atoms with van der Waals surface area (Å²) >= 11 is 6.29. The van der Waals surface area contributed by atoms with Gasteiger partial charge in [0.2, 0.25) is 0 Å². The van der Waals surface area contributed by atoms with Gasteiger partial charge in [0.25, 0.3) is 0 Å². The molecule has 0 N–H and O–H groups in total. The Morgan fingerprint density at radius 2 is 1.64 bits per heavy atom. The Morgan fingerprint density at radius 1 is 1.00 bits per heavy atom. The number of hydrogen-bond acceptors (Lipinski definition) is 4. The van der Waals surface area contributed by atoms with E-state index in [0.29, 0.717) is 5.52 Å². The second-order valence-electron chi connectivity index (χ2n) is 4.65. The molecule has 0 aliphatic carbocycles. The normalized spacial score (nSPS) is 10.9. The van der Waals surface area contributed by atoms with Gasteiger partial charge >= 0.3 is 11.9 Å². The molecule has 0 aliphatic heterocycles. The van der Waals surface area contributed by atoms with Gasteiger partial charge in [0.05, 0.1) is 19.7 Å². The van der Waals surface area contributed by atoms with Gasteiger partial charge in [0.1, 0.15) is 16.3 Å². The van der Waals surface area contributed by atoms with E-state index >= 15 is 0 Å². The molecule has 112 valence electrons. The lowest BCUT2D eigenvalue weighted by Crippen LogP contribution is -2.10. The highest BCUT2D eigenvalue weighted by molar-refractivity contribution is 6.35. The average Bonchev–Trinajstić information content (AvgIpc) is 2.86. The summed E-state index contributed by atoms with van der Waals surface area (Å²) in [6, 6.07) is 9.37. The first-order chi connectivity index (χ1) is 10.6. The van der Waals surface area contributed by atoms with Gasteiger partial charge in [-0.15, -0.1) is 0 Å². The molecule has 2 aromatic heterocycles. The first-order valence-corrected chi connectivity index (χ1v) is 6.85. The predicted molar refractivity (Wildman–Crippen MR) is 82.6 cm³/mol. The zero-order chi connectivity index (χ0) is 15.9. The van der Waals surface area contributed by atoms with E-state index in [4.69, 9.17) is 21.1 Å². The Bertz CT molecular complexity index is 913. The molecule has 5 nitrogen and oxygen atoms in total. The number of benzene rings is 1. The number of aromatic nitrogens is 1. The number of carbonyl (C=O) groups is 2. The number of carbonyl (C=O) groups excluding carboxylic acids is 2. The molecular formula is C16H12ClNO4. The number of hydrogen-bond donors (Lipinski definition) is 0. The predicted octanol–water partition coefficient (Wildman–Crippen LogP) is 3.32. The van der Waals surface area contributed by atoms with E-state index in [1.54, 1.807) is 10.6 Å². The van der Waals surface area contributed by atoms with Gasteiger partial charge in [-0.1, -0.05) is 35.9 Å². The monoisotopic (exact) mass is 317 g/mol. The standard InChI is InChI=1S/C16H12ClNO4/c1-21-15(19)11-12(16(20)22-2)14(17)18-8-7-9-5-3-4-6-10(9)13(11)18/h3-8H,1-2H3. The van der Waals surface area contributed by atoms with E-state index in [1.165, 1.54) is 14.2 Å². The highest BCUT2D eigenvalue weighted by atomic mass is 35.5. The number of nitrogens with zero attached hydrogens (tertiary/aromatic N) is 1. The SMILES string of the molecule is COC(=O)c1c(C(=O)OC)c2c3ccccc3ccn2c1Cl. The molecule has 0 atom stereocenters. The molecule has 0 bridgehead atoms. The smallest absolute Gasteiger partial charge is 0.341 e. The van der Waals surface area contributed by atoms with Gasteiger partial charge in [-0.05, 0) is 11.5 Å². The van der Waals surface area contributed by atoms with Crippen LogP contribution in [-0.4, -0.2) is 30.6 Å². The lowest BCUT2D eigenvalue weighted by atomic mass is 10.1. The lowest BCUT2D eigenvalue weighted by Gasteiger charge is -2.04. The molecule has 0 saturated carbocycles. The summed E-state index contributed by atoms with van der Waals surface area (Å²) in [5, 5.41) is 1.83. The third-order valence-electron chi connectivity index (χ3n) is 3.54. The van der Waals surface area contributed by atoms with E-state index in [1.807, 2.05) is 30.3 Å². The number of methoxy groups -OCH3 is 2. The first-order valence-electron chi connectivity index (χ1n) is 6.48. The highest BCUT2D eigenvalue weighted by Crippen LogP contribution is 2.33. The fourth-order valence-electron chi connectivity index (χ4n) is 2.57. The minimum Gasteiger partial charge on any atom is -0.465 e. The molecule has 0 aliphatic rings. The minimum absolute atomic E-state index is 0.00682. The molecule has 1 aromatic carbocycles. The van der Waals surface area contributed by atoms with E-state index in [9.17, 15) is 9.59 Å². The van der Waals surface area contributed by atoms with Crippen molar-refractivity contribution in [2.75, 3.05) is 14.2 Å². The van der Waals surface area contributed by atoms with Gasteiger partial charge in [0, 0.05) is 11.6 Å². The van der Waals surface area contributed by atoms with Gasteiger partial charge < -0.3 is 13.9 Å². The molecule has 22 heavy (non-hydrogen) atoms. The van der Waals surface area contributed by atoms with Crippen molar-refractivity contribution in [3.8, 4) is 0 Å². The summed E-state index contributed by atoms with van der Waals surface area (Å²) in [7, 11) is 2.49.